The fraction of sp³-hybridized carbons (Fsp3) is 0.462. The number of hydrogen-bond donors (Lipinski definition) is 3. The predicted molar refractivity (Wildman–Crippen MR) is 77.9 cm³/mol. The standard InChI is InChI=1S/C13H22N2O3Si/c1-13(2,3)19(4,5)18-11-8-9(14)6-7-10(11)12(16)15-17/h6-8,17H,14H2,1-5H3,(H,15,16). The van der Waals surface area contributed by atoms with Crippen LogP contribution in [0.15, 0.2) is 18.2 Å². The Morgan fingerprint density at radius 3 is 2.42 bits per heavy atom. The van der Waals surface area contributed by atoms with E-state index in [1.165, 1.54) is 0 Å². The third-order valence-corrected chi connectivity index (χ3v) is 7.87. The summed E-state index contributed by atoms with van der Waals surface area (Å²) in [5.74, 6) is -0.188. The van der Waals surface area contributed by atoms with Crippen LogP contribution in [0.4, 0.5) is 5.69 Å². The van der Waals surface area contributed by atoms with Gasteiger partial charge in [0.1, 0.15) is 5.75 Å². The number of carbonyl (C=O) groups is 1. The van der Waals surface area contributed by atoms with Crippen molar-refractivity contribution in [2.75, 3.05) is 5.73 Å². The van der Waals surface area contributed by atoms with Gasteiger partial charge in [-0.2, -0.15) is 0 Å². The highest BCUT2D eigenvalue weighted by Crippen LogP contribution is 2.38. The van der Waals surface area contributed by atoms with Crippen LogP contribution in [0.2, 0.25) is 18.1 Å². The van der Waals surface area contributed by atoms with Crippen molar-refractivity contribution in [1.82, 2.24) is 5.48 Å². The van der Waals surface area contributed by atoms with E-state index in [4.69, 9.17) is 15.4 Å². The highest BCUT2D eigenvalue weighted by Gasteiger charge is 2.39. The maximum absolute atomic E-state index is 11.6. The molecule has 0 saturated carbocycles. The third-order valence-electron chi connectivity index (χ3n) is 3.52. The first-order valence-corrected chi connectivity index (χ1v) is 9.02. The Balaban J connectivity index is 3.20. The van der Waals surface area contributed by atoms with Crippen molar-refractivity contribution >= 4 is 19.9 Å². The van der Waals surface area contributed by atoms with E-state index in [1.54, 1.807) is 23.7 Å². The van der Waals surface area contributed by atoms with Crippen molar-refractivity contribution in [3.05, 3.63) is 23.8 Å². The number of nitrogens with one attached hydrogen (secondary N) is 1. The average Bonchev–Trinajstić information content (AvgIpc) is 2.26. The van der Waals surface area contributed by atoms with E-state index in [-0.39, 0.29) is 10.6 Å². The molecule has 0 unspecified atom stereocenters. The molecular weight excluding hydrogens is 260 g/mol. The van der Waals surface area contributed by atoms with E-state index < -0.39 is 14.2 Å². The molecule has 1 amide bonds. The van der Waals surface area contributed by atoms with Crippen molar-refractivity contribution in [3.63, 3.8) is 0 Å². The van der Waals surface area contributed by atoms with Crippen molar-refractivity contribution < 1.29 is 14.4 Å². The van der Waals surface area contributed by atoms with Crippen LogP contribution in [0, 0.1) is 0 Å². The number of carbonyl (C=O) groups excluding carboxylic acids is 1. The number of rotatable bonds is 3. The van der Waals surface area contributed by atoms with Crippen molar-refractivity contribution in [1.29, 1.82) is 0 Å². The molecule has 4 N–H and O–H groups in total. The van der Waals surface area contributed by atoms with E-state index in [1.807, 2.05) is 0 Å². The number of nitrogen functional groups attached to an aromatic ring is 1. The average molecular weight is 282 g/mol. The van der Waals surface area contributed by atoms with Gasteiger partial charge in [-0.05, 0) is 30.3 Å². The molecule has 1 aromatic carbocycles. The summed E-state index contributed by atoms with van der Waals surface area (Å²) >= 11 is 0. The summed E-state index contributed by atoms with van der Waals surface area (Å²) < 4.78 is 6.09. The van der Waals surface area contributed by atoms with Gasteiger partial charge >= 0.3 is 0 Å². The van der Waals surface area contributed by atoms with Gasteiger partial charge in [-0.25, -0.2) is 5.48 Å². The molecule has 0 aliphatic rings. The molecule has 0 heterocycles. The molecule has 106 valence electrons. The van der Waals surface area contributed by atoms with Gasteiger partial charge in [0.15, 0.2) is 0 Å². The molecule has 1 rings (SSSR count). The van der Waals surface area contributed by atoms with E-state index >= 15 is 0 Å². The van der Waals surface area contributed by atoms with Crippen LogP contribution in [0.25, 0.3) is 0 Å². The van der Waals surface area contributed by atoms with Gasteiger partial charge in [0.05, 0.1) is 5.56 Å². The highest BCUT2D eigenvalue weighted by atomic mass is 28.4. The molecule has 0 fully saturated rings. The maximum Gasteiger partial charge on any atom is 0.278 e. The summed E-state index contributed by atoms with van der Waals surface area (Å²) in [4.78, 5) is 11.6. The van der Waals surface area contributed by atoms with Crippen LogP contribution in [0.5, 0.6) is 5.75 Å². The second kappa shape index (κ2) is 5.22. The van der Waals surface area contributed by atoms with E-state index in [0.29, 0.717) is 11.4 Å². The van der Waals surface area contributed by atoms with Gasteiger partial charge in [0, 0.05) is 11.8 Å². The smallest absolute Gasteiger partial charge is 0.278 e. The number of nitrogens with two attached hydrogens (primary N) is 1. The van der Waals surface area contributed by atoms with Gasteiger partial charge in [-0.15, -0.1) is 0 Å². The zero-order valence-electron chi connectivity index (χ0n) is 12.1. The third kappa shape index (κ3) is 3.48. The minimum atomic E-state index is -2.08. The monoisotopic (exact) mass is 282 g/mol. The lowest BCUT2D eigenvalue weighted by atomic mass is 10.2. The first-order valence-electron chi connectivity index (χ1n) is 6.11. The molecule has 0 saturated heterocycles. The number of anilines is 1. The predicted octanol–water partition coefficient (Wildman–Crippen LogP) is 2.77. The topological polar surface area (TPSA) is 84.6 Å². The molecule has 1 aromatic rings. The normalized spacial score (nSPS) is 12.1. The maximum atomic E-state index is 11.6. The Bertz CT molecular complexity index is 481. The lowest BCUT2D eigenvalue weighted by Crippen LogP contribution is -2.44. The number of amides is 1. The van der Waals surface area contributed by atoms with E-state index in [0.717, 1.165) is 0 Å². The minimum absolute atomic E-state index is 0.00453. The quantitative estimate of drug-likeness (QED) is 0.344. The minimum Gasteiger partial charge on any atom is -0.543 e. The molecule has 0 radical (unpaired) electrons. The SMILES string of the molecule is CC(C)(C)[Si](C)(C)Oc1cc(N)ccc1C(=O)NO. The Kier molecular flexibility index (Phi) is 4.27. The molecule has 6 heteroatoms. The lowest BCUT2D eigenvalue weighted by molar-refractivity contribution is 0.0704. The first kappa shape index (κ1) is 15.5. The van der Waals surface area contributed by atoms with Gasteiger partial charge in [-0.3, -0.25) is 10.0 Å². The van der Waals surface area contributed by atoms with E-state index in [2.05, 4.69) is 33.9 Å². The van der Waals surface area contributed by atoms with Crippen LogP contribution >= 0.6 is 0 Å². The first-order chi connectivity index (χ1) is 8.58. The van der Waals surface area contributed by atoms with Gasteiger partial charge < -0.3 is 10.2 Å². The molecule has 0 aliphatic carbocycles. The highest BCUT2D eigenvalue weighted by molar-refractivity contribution is 6.74. The van der Waals surface area contributed by atoms with Crippen LogP contribution in [0.1, 0.15) is 31.1 Å². The number of hydroxylamine groups is 1. The summed E-state index contributed by atoms with van der Waals surface area (Å²) in [7, 11) is -2.08. The number of hydrogen-bond acceptors (Lipinski definition) is 4. The summed E-state index contributed by atoms with van der Waals surface area (Å²) in [5.41, 5.74) is 8.16. The van der Waals surface area contributed by atoms with Gasteiger partial charge in [0.2, 0.25) is 0 Å². The Labute approximate surface area is 114 Å². The molecule has 0 bridgehead atoms. The molecule has 0 aromatic heterocycles. The molecule has 0 spiro atoms. The zero-order chi connectivity index (χ0) is 14.8. The molecule has 0 aliphatic heterocycles. The van der Waals surface area contributed by atoms with Crippen LogP contribution in [-0.2, 0) is 0 Å². The summed E-state index contributed by atoms with van der Waals surface area (Å²) in [6.07, 6.45) is 0. The molecule has 19 heavy (non-hydrogen) atoms. The summed E-state index contributed by atoms with van der Waals surface area (Å²) in [5, 5.41) is 8.77. The fourth-order valence-corrected chi connectivity index (χ4v) is 2.32. The van der Waals surface area contributed by atoms with Gasteiger partial charge in [0.25, 0.3) is 14.2 Å². The molecular formula is C13H22N2O3Si. The number of benzene rings is 1. The van der Waals surface area contributed by atoms with Crippen LogP contribution in [-0.4, -0.2) is 19.4 Å². The largest absolute Gasteiger partial charge is 0.543 e. The van der Waals surface area contributed by atoms with Crippen molar-refractivity contribution in [2.45, 2.75) is 38.9 Å². The van der Waals surface area contributed by atoms with Gasteiger partial charge in [-0.1, -0.05) is 20.8 Å². The summed E-state index contributed by atoms with van der Waals surface area (Å²) in [6.45, 7) is 10.5. The summed E-state index contributed by atoms with van der Waals surface area (Å²) in [6, 6.07) is 4.76. The molecule has 5 nitrogen and oxygen atoms in total. The second-order valence-corrected chi connectivity index (χ2v) is 10.8. The zero-order valence-corrected chi connectivity index (χ0v) is 13.1. The Hall–Kier alpha value is -1.53. The van der Waals surface area contributed by atoms with Crippen molar-refractivity contribution in [3.8, 4) is 5.75 Å². The molecule has 0 atom stereocenters. The van der Waals surface area contributed by atoms with Crippen LogP contribution < -0.4 is 15.6 Å². The van der Waals surface area contributed by atoms with Crippen molar-refractivity contribution in [2.24, 2.45) is 0 Å². The Morgan fingerprint density at radius 1 is 1.37 bits per heavy atom. The van der Waals surface area contributed by atoms with Crippen LogP contribution in [0.3, 0.4) is 0 Å². The lowest BCUT2D eigenvalue weighted by Gasteiger charge is -2.36. The van der Waals surface area contributed by atoms with E-state index in [9.17, 15) is 4.79 Å². The second-order valence-electron chi connectivity index (χ2n) is 6.06. The fourth-order valence-electron chi connectivity index (χ4n) is 1.30. The Morgan fingerprint density at radius 2 is 1.95 bits per heavy atom.